The zero-order valence-electron chi connectivity index (χ0n) is 6.11. The van der Waals surface area contributed by atoms with E-state index in [0.29, 0.717) is 0 Å². The van der Waals surface area contributed by atoms with E-state index in [4.69, 9.17) is 0 Å². The third-order valence-corrected chi connectivity index (χ3v) is 1.33. The van der Waals surface area contributed by atoms with Crippen molar-refractivity contribution in [3.8, 4) is 0 Å². The number of rotatable bonds is 2. The maximum absolute atomic E-state index is 10.7. The van der Waals surface area contributed by atoms with Crippen LogP contribution in [0.25, 0.3) is 6.08 Å². The molecule has 0 aromatic carbocycles. The quantitative estimate of drug-likeness (QED) is 0.524. The Labute approximate surface area is 67.5 Å². The molecule has 0 saturated carbocycles. The van der Waals surface area contributed by atoms with Gasteiger partial charge in [0.1, 0.15) is 5.69 Å². The minimum atomic E-state index is -0.576. The maximum Gasteiger partial charge on any atom is 0.292 e. The molecule has 5 nitrogen and oxygen atoms in total. The predicted molar refractivity (Wildman–Crippen MR) is 43.8 cm³/mol. The summed E-state index contributed by atoms with van der Waals surface area (Å²) in [6, 6.07) is 2.25. The van der Waals surface area contributed by atoms with Gasteiger partial charge in [0.2, 0.25) is 5.56 Å². The Kier molecular flexibility index (Phi) is 2.05. The summed E-state index contributed by atoms with van der Waals surface area (Å²) in [6.07, 6.45) is 1.24. The summed E-state index contributed by atoms with van der Waals surface area (Å²) >= 11 is 0. The second kappa shape index (κ2) is 3.00. The van der Waals surface area contributed by atoms with Crippen LogP contribution >= 0.6 is 0 Å². The monoisotopic (exact) mass is 166 g/mol. The van der Waals surface area contributed by atoms with Crippen molar-refractivity contribution in [3.05, 3.63) is 44.9 Å². The highest BCUT2D eigenvalue weighted by atomic mass is 16.6. The second-order valence-electron chi connectivity index (χ2n) is 2.08. The summed E-state index contributed by atoms with van der Waals surface area (Å²) < 4.78 is 0. The highest BCUT2D eigenvalue weighted by molar-refractivity contribution is 5.54. The van der Waals surface area contributed by atoms with Crippen molar-refractivity contribution in [3.63, 3.8) is 0 Å². The molecule has 0 atom stereocenters. The van der Waals surface area contributed by atoms with Crippen LogP contribution in [0.3, 0.4) is 0 Å². The fraction of sp³-hybridized carbons (Fsp3) is 0. The van der Waals surface area contributed by atoms with Crippen LogP contribution in [-0.2, 0) is 0 Å². The number of aromatic nitrogens is 1. The molecule has 1 aromatic heterocycles. The number of pyridine rings is 1. The minimum absolute atomic E-state index is 0.132. The first-order valence-corrected chi connectivity index (χ1v) is 3.15. The van der Waals surface area contributed by atoms with E-state index in [0.717, 1.165) is 12.1 Å². The fourth-order valence-electron chi connectivity index (χ4n) is 0.798. The van der Waals surface area contributed by atoms with E-state index in [1.807, 2.05) is 0 Å². The summed E-state index contributed by atoms with van der Waals surface area (Å²) in [5, 5.41) is 10.3. The molecule has 0 amide bonds. The van der Waals surface area contributed by atoms with Crippen LogP contribution in [0.4, 0.5) is 5.69 Å². The van der Waals surface area contributed by atoms with Crippen molar-refractivity contribution < 1.29 is 4.92 Å². The van der Waals surface area contributed by atoms with Gasteiger partial charge >= 0.3 is 0 Å². The van der Waals surface area contributed by atoms with Crippen molar-refractivity contribution in [2.45, 2.75) is 0 Å². The van der Waals surface area contributed by atoms with Gasteiger partial charge in [0, 0.05) is 12.1 Å². The van der Waals surface area contributed by atoms with Gasteiger partial charge in [-0.3, -0.25) is 14.9 Å². The van der Waals surface area contributed by atoms with E-state index < -0.39 is 4.92 Å². The Morgan fingerprint density at radius 1 is 1.58 bits per heavy atom. The molecule has 1 heterocycles. The Morgan fingerprint density at radius 2 is 2.25 bits per heavy atom. The molecular formula is C7H6N2O3. The first kappa shape index (κ1) is 8.19. The molecule has 5 heteroatoms. The van der Waals surface area contributed by atoms with Crippen LogP contribution in [0.2, 0.25) is 0 Å². The number of nitrogens with one attached hydrogen (secondary N) is 1. The third kappa shape index (κ3) is 1.39. The van der Waals surface area contributed by atoms with Gasteiger partial charge in [-0.2, -0.15) is 0 Å². The first-order valence-electron chi connectivity index (χ1n) is 3.15. The van der Waals surface area contributed by atoms with Gasteiger partial charge in [-0.25, -0.2) is 0 Å². The Hall–Kier alpha value is -1.91. The van der Waals surface area contributed by atoms with E-state index >= 15 is 0 Å². The summed E-state index contributed by atoms with van der Waals surface area (Å²) in [5.41, 5.74) is -0.396. The van der Waals surface area contributed by atoms with Crippen LogP contribution in [0.1, 0.15) is 5.69 Å². The molecule has 0 aliphatic rings. The van der Waals surface area contributed by atoms with E-state index in [2.05, 4.69) is 11.6 Å². The highest BCUT2D eigenvalue weighted by Crippen LogP contribution is 2.13. The number of H-pyrrole nitrogens is 1. The summed E-state index contributed by atoms with van der Waals surface area (Å²) in [7, 11) is 0. The van der Waals surface area contributed by atoms with Crippen molar-refractivity contribution in [1.82, 2.24) is 4.98 Å². The zero-order valence-corrected chi connectivity index (χ0v) is 6.11. The molecule has 0 aliphatic heterocycles. The summed E-state index contributed by atoms with van der Waals surface area (Å²) in [6.45, 7) is 3.34. The maximum atomic E-state index is 10.7. The van der Waals surface area contributed by atoms with Gasteiger partial charge in [0.15, 0.2) is 0 Å². The fourth-order valence-corrected chi connectivity index (χ4v) is 0.798. The topological polar surface area (TPSA) is 76.0 Å². The van der Waals surface area contributed by atoms with E-state index in [-0.39, 0.29) is 16.9 Å². The lowest BCUT2D eigenvalue weighted by atomic mass is 10.3. The Balaban J connectivity index is 3.39. The number of hydrogen-bond donors (Lipinski definition) is 1. The number of nitro groups is 1. The lowest BCUT2D eigenvalue weighted by Crippen LogP contribution is -2.06. The van der Waals surface area contributed by atoms with Crippen molar-refractivity contribution in [2.75, 3.05) is 0 Å². The molecule has 0 unspecified atom stereocenters. The lowest BCUT2D eigenvalue weighted by molar-refractivity contribution is -0.385. The Bertz CT molecular complexity index is 380. The van der Waals surface area contributed by atoms with Gasteiger partial charge in [0.05, 0.1) is 4.92 Å². The summed E-state index contributed by atoms with van der Waals surface area (Å²) in [5.74, 6) is 0. The van der Waals surface area contributed by atoms with Crippen molar-refractivity contribution in [2.24, 2.45) is 0 Å². The number of hydrogen-bond acceptors (Lipinski definition) is 3. The minimum Gasteiger partial charge on any atom is -0.317 e. The molecule has 1 aromatic rings. The predicted octanol–water partition coefficient (Wildman–Crippen LogP) is 0.926. The largest absolute Gasteiger partial charge is 0.317 e. The van der Waals surface area contributed by atoms with Crippen LogP contribution in [0, 0.1) is 10.1 Å². The van der Waals surface area contributed by atoms with Gasteiger partial charge in [-0.1, -0.05) is 6.58 Å². The second-order valence-corrected chi connectivity index (χ2v) is 2.08. The van der Waals surface area contributed by atoms with Crippen molar-refractivity contribution in [1.29, 1.82) is 0 Å². The molecule has 0 spiro atoms. The van der Waals surface area contributed by atoms with Gasteiger partial charge in [-0.15, -0.1) is 0 Å². The van der Waals surface area contributed by atoms with Crippen LogP contribution in [0.5, 0.6) is 0 Å². The molecule has 0 fully saturated rings. The van der Waals surface area contributed by atoms with Crippen LogP contribution in [-0.4, -0.2) is 9.91 Å². The molecule has 1 N–H and O–H groups in total. The van der Waals surface area contributed by atoms with Gasteiger partial charge in [-0.05, 0) is 6.08 Å². The number of nitrogens with zero attached hydrogens (tertiary/aromatic N) is 1. The first-order chi connectivity index (χ1) is 5.65. The van der Waals surface area contributed by atoms with E-state index in [1.165, 1.54) is 6.08 Å². The van der Waals surface area contributed by atoms with E-state index in [1.54, 1.807) is 0 Å². The summed E-state index contributed by atoms with van der Waals surface area (Å²) in [4.78, 5) is 22.7. The average molecular weight is 166 g/mol. The molecule has 12 heavy (non-hydrogen) atoms. The SMILES string of the molecule is C=Cc1[nH]c(=O)ccc1[N+](=O)[O-]. The van der Waals surface area contributed by atoms with Gasteiger partial charge in [0.25, 0.3) is 5.69 Å². The smallest absolute Gasteiger partial charge is 0.292 e. The average Bonchev–Trinajstić information content (AvgIpc) is 2.03. The molecule has 0 bridgehead atoms. The zero-order chi connectivity index (χ0) is 9.14. The molecule has 0 radical (unpaired) electrons. The van der Waals surface area contributed by atoms with E-state index in [9.17, 15) is 14.9 Å². The molecule has 62 valence electrons. The van der Waals surface area contributed by atoms with Crippen LogP contribution < -0.4 is 5.56 Å². The molecule has 0 saturated heterocycles. The molecular weight excluding hydrogens is 160 g/mol. The van der Waals surface area contributed by atoms with Crippen LogP contribution in [0.15, 0.2) is 23.5 Å². The molecule has 0 aliphatic carbocycles. The standard InChI is InChI=1S/C7H6N2O3/c1-2-5-6(9(11)12)3-4-7(10)8-5/h2-4H,1H2,(H,8,10). The highest BCUT2D eigenvalue weighted by Gasteiger charge is 2.10. The normalized spacial score (nSPS) is 9.33. The lowest BCUT2D eigenvalue weighted by Gasteiger charge is -1.94. The van der Waals surface area contributed by atoms with Crippen molar-refractivity contribution >= 4 is 11.8 Å². The molecule has 1 rings (SSSR count). The number of aromatic amines is 1. The van der Waals surface area contributed by atoms with Gasteiger partial charge < -0.3 is 4.98 Å². The Morgan fingerprint density at radius 3 is 2.75 bits per heavy atom. The third-order valence-electron chi connectivity index (χ3n) is 1.33.